The SMILES string of the molecule is COc1ccc(Cl)cc1C(=O)NNC(=O)[C@@H](NS(=O)(=O)c1ccc(Cl)c(Cl)c1)C(C)C. The normalized spacial score (nSPS) is 12.4. The maximum absolute atomic E-state index is 12.7. The smallest absolute Gasteiger partial charge is 0.273 e. The number of hydrazine groups is 1. The lowest BCUT2D eigenvalue weighted by Crippen LogP contribution is -2.54. The van der Waals surface area contributed by atoms with Crippen molar-refractivity contribution in [2.24, 2.45) is 5.92 Å². The second-order valence-electron chi connectivity index (χ2n) is 6.71. The Bertz CT molecular complexity index is 1090. The Morgan fingerprint density at radius 1 is 0.968 bits per heavy atom. The van der Waals surface area contributed by atoms with Gasteiger partial charge in [0.05, 0.1) is 27.6 Å². The van der Waals surface area contributed by atoms with Gasteiger partial charge in [-0.2, -0.15) is 4.72 Å². The third kappa shape index (κ3) is 6.47. The lowest BCUT2D eigenvalue weighted by molar-refractivity contribution is -0.124. The molecule has 0 fully saturated rings. The van der Waals surface area contributed by atoms with Gasteiger partial charge >= 0.3 is 0 Å². The van der Waals surface area contributed by atoms with Crippen LogP contribution in [0.15, 0.2) is 41.3 Å². The number of rotatable bonds is 7. The van der Waals surface area contributed by atoms with Crippen molar-refractivity contribution >= 4 is 56.6 Å². The van der Waals surface area contributed by atoms with Crippen LogP contribution in [0.2, 0.25) is 15.1 Å². The minimum atomic E-state index is -4.10. The van der Waals surface area contributed by atoms with Crippen molar-refractivity contribution in [3.05, 3.63) is 57.0 Å². The molecule has 0 unspecified atom stereocenters. The van der Waals surface area contributed by atoms with E-state index in [-0.39, 0.29) is 26.3 Å². The second-order valence-corrected chi connectivity index (χ2v) is 9.67. The zero-order valence-electron chi connectivity index (χ0n) is 16.7. The highest BCUT2D eigenvalue weighted by Crippen LogP contribution is 2.25. The summed E-state index contributed by atoms with van der Waals surface area (Å²) in [7, 11) is -2.72. The summed E-state index contributed by atoms with van der Waals surface area (Å²) in [5.74, 6) is -1.66. The largest absolute Gasteiger partial charge is 0.496 e. The highest BCUT2D eigenvalue weighted by molar-refractivity contribution is 7.89. The Balaban J connectivity index is 2.14. The van der Waals surface area contributed by atoms with Crippen LogP contribution in [0.5, 0.6) is 5.75 Å². The van der Waals surface area contributed by atoms with Gasteiger partial charge < -0.3 is 4.74 Å². The first kappa shape index (κ1) is 25.2. The maximum atomic E-state index is 12.7. The summed E-state index contributed by atoms with van der Waals surface area (Å²) in [6.07, 6.45) is 0. The number of amides is 2. The Labute approximate surface area is 195 Å². The summed E-state index contributed by atoms with van der Waals surface area (Å²) in [4.78, 5) is 24.9. The fourth-order valence-electron chi connectivity index (χ4n) is 2.49. The van der Waals surface area contributed by atoms with Gasteiger partial charge in [-0.3, -0.25) is 20.4 Å². The number of carbonyl (C=O) groups is 2. The van der Waals surface area contributed by atoms with Crippen LogP contribution in [-0.2, 0) is 14.8 Å². The minimum Gasteiger partial charge on any atom is -0.496 e. The Kier molecular flexibility index (Phi) is 8.56. The van der Waals surface area contributed by atoms with E-state index in [1.165, 1.54) is 37.4 Å². The van der Waals surface area contributed by atoms with Gasteiger partial charge in [-0.25, -0.2) is 8.42 Å². The Morgan fingerprint density at radius 2 is 1.65 bits per heavy atom. The first-order valence-corrected chi connectivity index (χ1v) is 11.5. The van der Waals surface area contributed by atoms with Gasteiger partial charge in [0.2, 0.25) is 10.0 Å². The van der Waals surface area contributed by atoms with Crippen LogP contribution in [0.3, 0.4) is 0 Å². The van der Waals surface area contributed by atoms with Crippen LogP contribution < -0.4 is 20.3 Å². The molecule has 168 valence electrons. The summed E-state index contributed by atoms with van der Waals surface area (Å²) in [6, 6.07) is 6.99. The van der Waals surface area contributed by atoms with Gasteiger partial charge in [-0.05, 0) is 42.3 Å². The van der Waals surface area contributed by atoms with Gasteiger partial charge in [0.25, 0.3) is 11.8 Å². The van der Waals surface area contributed by atoms with E-state index in [0.29, 0.717) is 5.02 Å². The van der Waals surface area contributed by atoms with E-state index in [2.05, 4.69) is 15.6 Å². The van der Waals surface area contributed by atoms with Gasteiger partial charge in [-0.15, -0.1) is 0 Å². The lowest BCUT2D eigenvalue weighted by atomic mass is 10.1. The van der Waals surface area contributed by atoms with Crippen molar-refractivity contribution in [2.75, 3.05) is 7.11 Å². The van der Waals surface area contributed by atoms with Gasteiger partial charge in [0.15, 0.2) is 0 Å². The summed E-state index contributed by atoms with van der Waals surface area (Å²) in [6.45, 7) is 3.28. The number of hydrogen-bond donors (Lipinski definition) is 3. The topological polar surface area (TPSA) is 114 Å². The summed E-state index contributed by atoms with van der Waals surface area (Å²) in [5, 5.41) is 0.544. The van der Waals surface area contributed by atoms with Crippen molar-refractivity contribution in [2.45, 2.75) is 24.8 Å². The van der Waals surface area contributed by atoms with Crippen LogP contribution in [-0.4, -0.2) is 33.4 Å². The van der Waals surface area contributed by atoms with E-state index >= 15 is 0 Å². The standard InChI is InChI=1S/C19H20Cl3N3O5S/c1-10(2)17(25-31(28,29)12-5-6-14(21)15(22)9-12)19(27)24-23-18(26)13-8-11(20)4-7-16(13)30-3/h4-10,17,25H,1-3H3,(H,23,26)(H,24,27)/t17-/m0/s1. The quantitative estimate of drug-likeness (QED) is 0.496. The summed E-state index contributed by atoms with van der Waals surface area (Å²) < 4.78 is 32.8. The zero-order valence-corrected chi connectivity index (χ0v) is 19.8. The molecule has 0 bridgehead atoms. The molecule has 2 aromatic carbocycles. The number of hydrogen-bond acceptors (Lipinski definition) is 5. The predicted molar refractivity (Wildman–Crippen MR) is 119 cm³/mol. The average molecular weight is 509 g/mol. The number of halogens is 3. The van der Waals surface area contributed by atoms with Crippen LogP contribution >= 0.6 is 34.8 Å². The highest BCUT2D eigenvalue weighted by atomic mass is 35.5. The second kappa shape index (κ2) is 10.5. The Morgan fingerprint density at radius 3 is 2.23 bits per heavy atom. The Hall–Kier alpha value is -2.04. The van der Waals surface area contributed by atoms with Crippen LogP contribution in [0, 0.1) is 5.92 Å². The number of carbonyl (C=O) groups excluding carboxylic acids is 2. The van der Waals surface area contributed by atoms with E-state index < -0.39 is 33.8 Å². The van der Waals surface area contributed by atoms with Crippen LogP contribution in [0.1, 0.15) is 24.2 Å². The molecule has 0 radical (unpaired) electrons. The molecule has 0 aliphatic rings. The summed E-state index contributed by atoms with van der Waals surface area (Å²) >= 11 is 17.6. The molecule has 8 nitrogen and oxygen atoms in total. The molecule has 0 heterocycles. The predicted octanol–water partition coefficient (Wildman–Crippen LogP) is 3.42. The van der Waals surface area contributed by atoms with E-state index in [1.54, 1.807) is 19.9 Å². The van der Waals surface area contributed by atoms with Gasteiger partial charge in [0, 0.05) is 5.02 Å². The highest BCUT2D eigenvalue weighted by Gasteiger charge is 2.29. The number of ether oxygens (including phenoxy) is 1. The fraction of sp³-hybridized carbons (Fsp3) is 0.263. The third-order valence-corrected chi connectivity index (χ3v) is 6.55. The molecule has 0 spiro atoms. The van der Waals surface area contributed by atoms with Crippen molar-refractivity contribution in [3.8, 4) is 5.75 Å². The lowest BCUT2D eigenvalue weighted by Gasteiger charge is -2.22. The molecule has 2 rings (SSSR count). The maximum Gasteiger partial charge on any atom is 0.273 e. The molecule has 31 heavy (non-hydrogen) atoms. The first-order chi connectivity index (χ1) is 14.5. The van der Waals surface area contributed by atoms with E-state index in [0.717, 1.165) is 0 Å². The van der Waals surface area contributed by atoms with Crippen molar-refractivity contribution < 1.29 is 22.7 Å². The fourth-order valence-corrected chi connectivity index (χ4v) is 4.40. The third-order valence-electron chi connectivity index (χ3n) is 4.14. The van der Waals surface area contributed by atoms with Crippen molar-refractivity contribution in [1.82, 2.24) is 15.6 Å². The molecule has 2 amide bonds. The molecular formula is C19H20Cl3N3O5S. The molecule has 1 atom stereocenters. The zero-order chi connectivity index (χ0) is 23.3. The van der Waals surface area contributed by atoms with E-state index in [4.69, 9.17) is 39.5 Å². The van der Waals surface area contributed by atoms with Crippen LogP contribution in [0.25, 0.3) is 0 Å². The molecule has 0 aromatic heterocycles. The molecule has 2 aromatic rings. The summed E-state index contributed by atoms with van der Waals surface area (Å²) in [5.41, 5.74) is 4.53. The average Bonchev–Trinajstić information content (AvgIpc) is 2.71. The molecule has 0 aliphatic carbocycles. The molecule has 3 N–H and O–H groups in total. The molecule has 0 aliphatic heterocycles. The minimum absolute atomic E-state index is 0.0535. The monoisotopic (exact) mass is 507 g/mol. The van der Waals surface area contributed by atoms with Gasteiger partial charge in [0.1, 0.15) is 11.8 Å². The van der Waals surface area contributed by atoms with Gasteiger partial charge in [-0.1, -0.05) is 48.7 Å². The van der Waals surface area contributed by atoms with Crippen LogP contribution in [0.4, 0.5) is 0 Å². The van der Waals surface area contributed by atoms with Crippen molar-refractivity contribution in [3.63, 3.8) is 0 Å². The number of sulfonamides is 1. The first-order valence-electron chi connectivity index (χ1n) is 8.87. The molecular weight excluding hydrogens is 489 g/mol. The van der Waals surface area contributed by atoms with E-state index in [9.17, 15) is 18.0 Å². The molecule has 0 saturated heterocycles. The van der Waals surface area contributed by atoms with E-state index in [1.807, 2.05) is 0 Å². The molecule has 0 saturated carbocycles. The number of methoxy groups -OCH3 is 1. The number of nitrogens with one attached hydrogen (secondary N) is 3. The molecule has 12 heteroatoms. The number of benzene rings is 2. The van der Waals surface area contributed by atoms with Crippen molar-refractivity contribution in [1.29, 1.82) is 0 Å².